The van der Waals surface area contributed by atoms with E-state index < -0.39 is 0 Å². The van der Waals surface area contributed by atoms with Gasteiger partial charge in [0.25, 0.3) is 0 Å². The molecule has 0 saturated heterocycles. The van der Waals surface area contributed by atoms with Gasteiger partial charge < -0.3 is 0 Å². The number of aldehydes is 2. The lowest BCUT2D eigenvalue weighted by molar-refractivity contribution is 0.111. The van der Waals surface area contributed by atoms with Gasteiger partial charge in [-0.25, -0.2) is 9.97 Å². The van der Waals surface area contributed by atoms with Crippen molar-refractivity contribution in [2.45, 2.75) is 0 Å². The van der Waals surface area contributed by atoms with Crippen molar-refractivity contribution in [3.8, 4) is 21.1 Å². The van der Waals surface area contributed by atoms with Gasteiger partial charge in [0.1, 0.15) is 11.4 Å². The van der Waals surface area contributed by atoms with Gasteiger partial charge in [-0.15, -0.1) is 11.3 Å². The van der Waals surface area contributed by atoms with Gasteiger partial charge in [0.05, 0.1) is 21.1 Å². The summed E-state index contributed by atoms with van der Waals surface area (Å²) in [6.45, 7) is 0. The first-order chi connectivity index (χ1) is 10.3. The quantitative estimate of drug-likeness (QED) is 0.691. The van der Waals surface area contributed by atoms with Crippen LogP contribution in [0.4, 0.5) is 0 Å². The number of nitrogens with zero attached hydrogens (tertiary/aromatic N) is 2. The molecule has 0 aliphatic heterocycles. The predicted molar refractivity (Wildman–Crippen MR) is 81.6 cm³/mol. The maximum Gasteiger partial charge on any atom is 0.168 e. The van der Waals surface area contributed by atoms with Crippen molar-refractivity contribution in [1.29, 1.82) is 0 Å². The Morgan fingerprint density at radius 1 is 0.714 bits per heavy atom. The monoisotopic (exact) mass is 294 g/mol. The van der Waals surface area contributed by atoms with Gasteiger partial charge in [0.15, 0.2) is 12.6 Å². The van der Waals surface area contributed by atoms with Crippen LogP contribution < -0.4 is 0 Å². The van der Waals surface area contributed by atoms with Gasteiger partial charge in [0.2, 0.25) is 0 Å². The summed E-state index contributed by atoms with van der Waals surface area (Å²) >= 11 is 1.52. The van der Waals surface area contributed by atoms with Crippen molar-refractivity contribution < 1.29 is 9.59 Å². The van der Waals surface area contributed by atoms with Crippen LogP contribution in [0.5, 0.6) is 0 Å². The first-order valence-corrected chi connectivity index (χ1v) is 7.07. The normalized spacial score (nSPS) is 10.3. The first-order valence-electron chi connectivity index (χ1n) is 6.25. The van der Waals surface area contributed by atoms with E-state index in [0.717, 1.165) is 33.7 Å². The zero-order valence-corrected chi connectivity index (χ0v) is 11.7. The number of hydrogen-bond donors (Lipinski definition) is 0. The minimum absolute atomic E-state index is 0.406. The van der Waals surface area contributed by atoms with Crippen LogP contribution in [-0.2, 0) is 0 Å². The molecule has 4 nitrogen and oxygen atoms in total. The van der Waals surface area contributed by atoms with Gasteiger partial charge >= 0.3 is 0 Å². The van der Waals surface area contributed by atoms with E-state index in [0.29, 0.717) is 11.4 Å². The molecule has 0 aliphatic carbocycles. The fourth-order valence-electron chi connectivity index (χ4n) is 1.92. The molecule has 0 amide bonds. The average molecular weight is 294 g/mol. The third-order valence-electron chi connectivity index (χ3n) is 2.89. The van der Waals surface area contributed by atoms with E-state index in [1.807, 2.05) is 24.3 Å². The lowest BCUT2D eigenvalue weighted by atomic mass is 10.2. The van der Waals surface area contributed by atoms with Crippen LogP contribution in [0.15, 0.2) is 48.5 Å². The molecule has 3 rings (SSSR count). The summed E-state index contributed by atoms with van der Waals surface area (Å²) < 4.78 is 0. The van der Waals surface area contributed by atoms with E-state index in [9.17, 15) is 9.59 Å². The summed E-state index contributed by atoms with van der Waals surface area (Å²) in [7, 11) is 0. The molecular formula is C16H10N2O2S. The Morgan fingerprint density at radius 2 is 1.19 bits per heavy atom. The Hall–Kier alpha value is -2.66. The number of carbonyl (C=O) groups excluding carboxylic acids is 2. The van der Waals surface area contributed by atoms with E-state index in [-0.39, 0.29) is 0 Å². The molecule has 102 valence electrons. The van der Waals surface area contributed by atoms with Crippen LogP contribution in [-0.4, -0.2) is 22.5 Å². The molecule has 21 heavy (non-hydrogen) atoms. The molecule has 0 spiro atoms. The molecule has 0 radical (unpaired) electrons. The molecule has 0 aliphatic rings. The Morgan fingerprint density at radius 3 is 1.62 bits per heavy atom. The highest BCUT2D eigenvalue weighted by molar-refractivity contribution is 7.18. The summed E-state index contributed by atoms with van der Waals surface area (Å²) in [6.07, 6.45) is 1.46. The Kier molecular flexibility index (Phi) is 3.66. The lowest BCUT2D eigenvalue weighted by Crippen LogP contribution is -1.88. The van der Waals surface area contributed by atoms with Gasteiger partial charge in [-0.05, 0) is 36.4 Å². The fraction of sp³-hybridized carbons (Fsp3) is 0. The summed E-state index contributed by atoms with van der Waals surface area (Å²) in [4.78, 5) is 32.0. The maximum absolute atomic E-state index is 10.8. The second-order valence-electron chi connectivity index (χ2n) is 4.29. The zero-order valence-electron chi connectivity index (χ0n) is 10.9. The third-order valence-corrected chi connectivity index (χ3v) is 4.02. The van der Waals surface area contributed by atoms with E-state index in [4.69, 9.17) is 0 Å². The summed E-state index contributed by atoms with van der Waals surface area (Å²) in [5.74, 6) is 0. The van der Waals surface area contributed by atoms with E-state index in [2.05, 4.69) is 9.97 Å². The topological polar surface area (TPSA) is 59.9 Å². The highest BCUT2D eigenvalue weighted by atomic mass is 32.1. The first kappa shape index (κ1) is 13.3. The molecule has 0 bridgehead atoms. The van der Waals surface area contributed by atoms with Crippen molar-refractivity contribution in [1.82, 2.24) is 9.97 Å². The highest BCUT2D eigenvalue weighted by Gasteiger charge is 2.08. The second kappa shape index (κ2) is 5.76. The van der Waals surface area contributed by atoms with Crippen LogP contribution in [0.25, 0.3) is 21.1 Å². The molecule has 0 atom stereocenters. The Balaban J connectivity index is 1.99. The second-order valence-corrected chi connectivity index (χ2v) is 5.38. The number of pyridine rings is 2. The number of rotatable bonds is 4. The third kappa shape index (κ3) is 2.78. The molecule has 0 unspecified atom stereocenters. The molecular weight excluding hydrogens is 284 g/mol. The maximum atomic E-state index is 10.8. The van der Waals surface area contributed by atoms with Crippen LogP contribution in [0.1, 0.15) is 21.0 Å². The average Bonchev–Trinajstić information content (AvgIpc) is 3.05. The van der Waals surface area contributed by atoms with Gasteiger partial charge in [-0.3, -0.25) is 9.59 Å². The molecule has 0 saturated carbocycles. The summed E-state index contributed by atoms with van der Waals surface area (Å²) in [5, 5.41) is 0. The molecule has 3 aromatic rings. The van der Waals surface area contributed by atoms with Crippen molar-refractivity contribution in [2.75, 3.05) is 0 Å². The smallest absolute Gasteiger partial charge is 0.168 e. The van der Waals surface area contributed by atoms with Gasteiger partial charge in [-0.2, -0.15) is 0 Å². The molecule has 3 aromatic heterocycles. The van der Waals surface area contributed by atoms with Crippen molar-refractivity contribution >= 4 is 23.9 Å². The minimum Gasteiger partial charge on any atom is -0.296 e. The summed E-state index contributed by atoms with van der Waals surface area (Å²) in [6, 6.07) is 14.5. The molecule has 3 heterocycles. The van der Waals surface area contributed by atoms with E-state index in [1.54, 1.807) is 24.3 Å². The van der Waals surface area contributed by atoms with Gasteiger partial charge in [0, 0.05) is 0 Å². The Bertz CT molecular complexity index is 745. The number of carbonyl (C=O) groups is 2. The van der Waals surface area contributed by atoms with E-state index >= 15 is 0 Å². The Labute approximate surface area is 125 Å². The largest absolute Gasteiger partial charge is 0.296 e. The van der Waals surface area contributed by atoms with Crippen molar-refractivity contribution in [2.24, 2.45) is 0 Å². The molecule has 0 aromatic carbocycles. The van der Waals surface area contributed by atoms with Crippen LogP contribution >= 0.6 is 11.3 Å². The van der Waals surface area contributed by atoms with Crippen LogP contribution in [0.2, 0.25) is 0 Å². The van der Waals surface area contributed by atoms with Crippen LogP contribution in [0.3, 0.4) is 0 Å². The number of thiophene rings is 1. The van der Waals surface area contributed by atoms with Crippen LogP contribution in [0, 0.1) is 0 Å². The summed E-state index contributed by atoms with van der Waals surface area (Å²) in [5.41, 5.74) is 2.32. The SMILES string of the molecule is O=Cc1cccc(-c2ccc(-c3cccc(C=O)n3)s2)n1. The standard InChI is InChI=1S/C16H10N2O2S/c19-9-11-3-1-5-13(17-11)15-7-8-16(21-15)14-6-2-4-12(10-20)18-14/h1-10H. The predicted octanol–water partition coefficient (Wildman–Crippen LogP) is 3.50. The van der Waals surface area contributed by atoms with Crippen molar-refractivity contribution in [3.63, 3.8) is 0 Å². The molecule has 5 heteroatoms. The molecule has 0 fully saturated rings. The highest BCUT2D eigenvalue weighted by Crippen LogP contribution is 2.32. The van der Waals surface area contributed by atoms with E-state index in [1.165, 1.54) is 11.3 Å². The number of hydrogen-bond acceptors (Lipinski definition) is 5. The number of aromatic nitrogens is 2. The lowest BCUT2D eigenvalue weighted by Gasteiger charge is -1.98. The fourth-order valence-corrected chi connectivity index (χ4v) is 2.87. The zero-order chi connectivity index (χ0) is 14.7. The molecule has 0 N–H and O–H groups in total. The van der Waals surface area contributed by atoms with Crippen molar-refractivity contribution in [3.05, 3.63) is 59.9 Å². The van der Waals surface area contributed by atoms with Gasteiger partial charge in [-0.1, -0.05) is 12.1 Å². The minimum atomic E-state index is 0.406.